The molecule has 2 aromatic heterocycles. The molecule has 5 heteroatoms. The lowest BCUT2D eigenvalue weighted by Crippen LogP contribution is -2.33. The van der Waals surface area contributed by atoms with Gasteiger partial charge in [-0.25, -0.2) is 9.67 Å². The number of nitrogens with zero attached hydrogens (tertiary/aromatic N) is 3. The van der Waals surface area contributed by atoms with Crippen molar-refractivity contribution in [3.8, 4) is 5.82 Å². The zero-order valence-corrected chi connectivity index (χ0v) is 15.4. The summed E-state index contributed by atoms with van der Waals surface area (Å²) < 4.78 is 1.78. The van der Waals surface area contributed by atoms with Gasteiger partial charge in [0, 0.05) is 17.9 Å². The van der Waals surface area contributed by atoms with Crippen LogP contribution in [-0.2, 0) is 6.42 Å². The lowest BCUT2D eigenvalue weighted by atomic mass is 10.1. The van der Waals surface area contributed by atoms with Gasteiger partial charge in [-0.15, -0.1) is 0 Å². The second-order valence-corrected chi connectivity index (χ2v) is 6.64. The van der Waals surface area contributed by atoms with Gasteiger partial charge >= 0.3 is 0 Å². The molecule has 0 saturated heterocycles. The maximum atomic E-state index is 12.4. The van der Waals surface area contributed by atoms with Gasteiger partial charge in [-0.05, 0) is 57.4 Å². The van der Waals surface area contributed by atoms with Crippen molar-refractivity contribution in [2.75, 3.05) is 0 Å². The van der Waals surface area contributed by atoms with Gasteiger partial charge in [0.2, 0.25) is 0 Å². The smallest absolute Gasteiger partial charge is 0.253 e. The predicted octanol–water partition coefficient (Wildman–Crippen LogP) is 3.64. The summed E-state index contributed by atoms with van der Waals surface area (Å²) in [5.74, 6) is 0.613. The molecule has 3 aromatic rings. The molecule has 1 N–H and O–H groups in total. The molecule has 0 unspecified atom stereocenters. The lowest BCUT2D eigenvalue weighted by Gasteiger charge is -2.14. The first-order valence-corrected chi connectivity index (χ1v) is 8.87. The van der Waals surface area contributed by atoms with Gasteiger partial charge in [0.25, 0.3) is 5.91 Å². The van der Waals surface area contributed by atoms with Crippen LogP contribution in [-0.4, -0.2) is 26.7 Å². The second-order valence-electron chi connectivity index (χ2n) is 6.64. The highest BCUT2D eigenvalue weighted by Crippen LogP contribution is 2.11. The molecule has 0 spiro atoms. The van der Waals surface area contributed by atoms with Crippen LogP contribution in [0.15, 0.2) is 54.7 Å². The molecule has 0 bridgehead atoms. The number of hydrogen-bond donors (Lipinski definition) is 1. The highest BCUT2D eigenvalue weighted by molar-refractivity contribution is 5.94. The molecule has 3 rings (SSSR count). The Morgan fingerprint density at radius 2 is 1.92 bits per heavy atom. The van der Waals surface area contributed by atoms with Crippen LogP contribution in [0.2, 0.25) is 0 Å². The van der Waals surface area contributed by atoms with Gasteiger partial charge < -0.3 is 5.32 Å². The number of rotatable bonds is 6. The number of benzene rings is 1. The number of pyridine rings is 1. The molecule has 5 nitrogen and oxygen atoms in total. The summed E-state index contributed by atoms with van der Waals surface area (Å²) in [6, 6.07) is 16.0. The minimum atomic E-state index is -0.0991. The molecule has 26 heavy (non-hydrogen) atoms. The van der Waals surface area contributed by atoms with Gasteiger partial charge in [0.05, 0.1) is 11.3 Å². The molecule has 0 fully saturated rings. The minimum absolute atomic E-state index is 0.0957. The molecule has 134 valence electrons. The van der Waals surface area contributed by atoms with Gasteiger partial charge in [0.1, 0.15) is 0 Å². The average Bonchev–Trinajstić information content (AvgIpc) is 2.99. The summed E-state index contributed by atoms with van der Waals surface area (Å²) in [4.78, 5) is 16.8. The van der Waals surface area contributed by atoms with E-state index in [1.54, 1.807) is 16.9 Å². The Labute approximate surface area is 154 Å². The molecule has 0 aliphatic carbocycles. The summed E-state index contributed by atoms with van der Waals surface area (Å²) in [7, 11) is 0. The summed E-state index contributed by atoms with van der Waals surface area (Å²) >= 11 is 0. The van der Waals surface area contributed by atoms with E-state index in [1.807, 2.05) is 51.1 Å². The number of amides is 1. The molecule has 0 aliphatic rings. The summed E-state index contributed by atoms with van der Waals surface area (Å²) in [5.41, 5.74) is 3.80. The Hall–Kier alpha value is -2.95. The number of aromatic nitrogens is 3. The SMILES string of the molecule is Cc1cc(C)n(-c2ccc(C(=O)N[C@H](C)CCc3ccccc3)cn2)n1. The first-order valence-electron chi connectivity index (χ1n) is 8.87. The highest BCUT2D eigenvalue weighted by Gasteiger charge is 2.11. The number of carbonyl (C=O) groups excluding carboxylic acids is 1. The molecule has 0 aliphatic heterocycles. The molecule has 2 heterocycles. The molecule has 0 radical (unpaired) electrons. The fraction of sp³-hybridized carbons (Fsp3) is 0.286. The van der Waals surface area contributed by atoms with Crippen molar-refractivity contribution in [2.45, 2.75) is 39.7 Å². The Morgan fingerprint density at radius 3 is 2.54 bits per heavy atom. The average molecular weight is 348 g/mol. The Morgan fingerprint density at radius 1 is 1.15 bits per heavy atom. The Kier molecular flexibility index (Phi) is 5.46. The standard InChI is InChI=1S/C21H24N4O/c1-15(9-10-18-7-5-4-6-8-18)23-21(26)19-11-12-20(22-14-19)25-17(3)13-16(2)24-25/h4-8,11-15H,9-10H2,1-3H3,(H,23,26)/t15-/m1/s1. The van der Waals surface area contributed by atoms with Gasteiger partial charge in [-0.1, -0.05) is 30.3 Å². The topological polar surface area (TPSA) is 59.8 Å². The van der Waals surface area contributed by atoms with Crippen molar-refractivity contribution in [3.63, 3.8) is 0 Å². The molecule has 0 saturated carbocycles. The summed E-state index contributed by atoms with van der Waals surface area (Å²) in [5, 5.41) is 7.45. The van der Waals surface area contributed by atoms with Gasteiger partial charge in [-0.2, -0.15) is 5.10 Å². The Balaban J connectivity index is 1.58. The van der Waals surface area contributed by atoms with Crippen LogP contribution in [0, 0.1) is 13.8 Å². The van der Waals surface area contributed by atoms with Crippen LogP contribution >= 0.6 is 0 Å². The van der Waals surface area contributed by atoms with Crippen molar-refractivity contribution >= 4 is 5.91 Å². The number of hydrogen-bond acceptors (Lipinski definition) is 3. The zero-order chi connectivity index (χ0) is 18.5. The zero-order valence-electron chi connectivity index (χ0n) is 15.4. The third-order valence-corrected chi connectivity index (χ3v) is 4.32. The number of carbonyl (C=O) groups is 1. The summed E-state index contributed by atoms with van der Waals surface area (Å²) in [6.07, 6.45) is 3.44. The van der Waals surface area contributed by atoms with Crippen molar-refractivity contribution in [1.82, 2.24) is 20.1 Å². The Bertz CT molecular complexity index is 869. The van der Waals surface area contributed by atoms with Crippen LogP contribution in [0.25, 0.3) is 5.82 Å². The molecule has 1 atom stereocenters. The van der Waals surface area contributed by atoms with Crippen molar-refractivity contribution in [2.24, 2.45) is 0 Å². The number of aryl methyl sites for hydroxylation is 3. The predicted molar refractivity (Wildman–Crippen MR) is 103 cm³/mol. The third-order valence-electron chi connectivity index (χ3n) is 4.32. The van der Waals surface area contributed by atoms with Crippen LogP contribution in [0.4, 0.5) is 0 Å². The highest BCUT2D eigenvalue weighted by atomic mass is 16.1. The van der Waals surface area contributed by atoms with Crippen molar-refractivity contribution in [3.05, 3.63) is 77.2 Å². The number of nitrogens with one attached hydrogen (secondary N) is 1. The van der Waals surface area contributed by atoms with E-state index in [4.69, 9.17) is 0 Å². The second kappa shape index (κ2) is 7.95. The van der Waals surface area contributed by atoms with E-state index < -0.39 is 0 Å². The fourth-order valence-electron chi connectivity index (χ4n) is 2.91. The monoisotopic (exact) mass is 348 g/mol. The van der Waals surface area contributed by atoms with E-state index in [0.29, 0.717) is 11.4 Å². The quantitative estimate of drug-likeness (QED) is 0.740. The van der Waals surface area contributed by atoms with E-state index in [1.165, 1.54) is 5.56 Å². The molecular weight excluding hydrogens is 324 g/mol. The molecule has 1 amide bonds. The minimum Gasteiger partial charge on any atom is -0.350 e. The van der Waals surface area contributed by atoms with Crippen molar-refractivity contribution < 1.29 is 4.79 Å². The third kappa shape index (κ3) is 4.36. The van der Waals surface area contributed by atoms with E-state index >= 15 is 0 Å². The van der Waals surface area contributed by atoms with E-state index in [9.17, 15) is 4.79 Å². The maximum absolute atomic E-state index is 12.4. The van der Waals surface area contributed by atoms with Crippen LogP contribution in [0.5, 0.6) is 0 Å². The van der Waals surface area contributed by atoms with E-state index in [-0.39, 0.29) is 11.9 Å². The van der Waals surface area contributed by atoms with E-state index in [0.717, 1.165) is 24.2 Å². The fourth-order valence-corrected chi connectivity index (χ4v) is 2.91. The molecular formula is C21H24N4O. The lowest BCUT2D eigenvalue weighted by molar-refractivity contribution is 0.0938. The van der Waals surface area contributed by atoms with Gasteiger partial charge in [-0.3, -0.25) is 4.79 Å². The molecule has 1 aromatic carbocycles. The first kappa shape index (κ1) is 17.9. The van der Waals surface area contributed by atoms with Crippen LogP contribution in [0.1, 0.15) is 40.7 Å². The summed E-state index contributed by atoms with van der Waals surface area (Å²) in [6.45, 7) is 5.96. The largest absolute Gasteiger partial charge is 0.350 e. The maximum Gasteiger partial charge on any atom is 0.253 e. The first-order chi connectivity index (χ1) is 12.5. The van der Waals surface area contributed by atoms with Crippen LogP contribution < -0.4 is 5.32 Å². The van der Waals surface area contributed by atoms with E-state index in [2.05, 4.69) is 27.5 Å². The van der Waals surface area contributed by atoms with Gasteiger partial charge in [0.15, 0.2) is 5.82 Å². The normalized spacial score (nSPS) is 12.0. The van der Waals surface area contributed by atoms with Crippen molar-refractivity contribution in [1.29, 1.82) is 0 Å². The van der Waals surface area contributed by atoms with Crippen LogP contribution in [0.3, 0.4) is 0 Å².